The topological polar surface area (TPSA) is 124 Å². The Hall–Kier alpha value is -3.35. The normalized spacial score (nSPS) is 14.1. The summed E-state index contributed by atoms with van der Waals surface area (Å²) in [6, 6.07) is 2.52. The monoisotopic (exact) mass is 461 g/mol. The Morgan fingerprint density at radius 1 is 1.22 bits per heavy atom. The van der Waals surface area contributed by atoms with Crippen molar-refractivity contribution < 1.29 is 36.3 Å². The third-order valence-corrected chi connectivity index (χ3v) is 4.47. The summed E-state index contributed by atoms with van der Waals surface area (Å²) in [7, 11) is 0. The number of amides is 2. The van der Waals surface area contributed by atoms with Gasteiger partial charge in [-0.2, -0.15) is 13.2 Å². The van der Waals surface area contributed by atoms with Crippen molar-refractivity contribution >= 4 is 18.1 Å². The highest BCUT2D eigenvalue weighted by Gasteiger charge is 2.25. The van der Waals surface area contributed by atoms with Crippen LogP contribution in [0.4, 0.5) is 22.0 Å². The van der Waals surface area contributed by atoms with E-state index in [9.17, 15) is 31.5 Å². The van der Waals surface area contributed by atoms with E-state index >= 15 is 0 Å². The zero-order valence-corrected chi connectivity index (χ0v) is 16.6. The standard InChI is InChI=1S/C17H19F2N5O2.C2HF3O/c18-11-1-2-13(19)10(5-11)6-12(20)7-16(25)24-4-3-23-8-14(17(21)26)22-15(23)9-24;3-2(4,5)1-6/h1-2,5,8,12H,3-4,6-7,9,20H2,(H2,21,26);1H/t12-;/m1./s1. The second-order valence-corrected chi connectivity index (χ2v) is 6.98. The number of aldehydes is 1. The molecule has 174 valence electrons. The number of primary amides is 1. The average Bonchev–Trinajstić information content (AvgIpc) is 3.14. The lowest BCUT2D eigenvalue weighted by molar-refractivity contribution is -0.156. The zero-order chi connectivity index (χ0) is 24.1. The smallest absolute Gasteiger partial charge is 0.364 e. The number of aromatic nitrogens is 2. The van der Waals surface area contributed by atoms with Crippen LogP contribution in [-0.4, -0.2) is 51.3 Å². The number of alkyl halides is 3. The molecule has 13 heteroatoms. The molecule has 0 radical (unpaired) electrons. The SMILES string of the molecule is NC(=O)c1cn2c(n1)CN(C(=O)C[C@H](N)Cc1cc(F)ccc1F)CC2.O=CC(F)(F)F. The first-order valence-electron chi connectivity index (χ1n) is 9.25. The molecular weight excluding hydrogens is 441 g/mol. The number of nitrogens with zero attached hydrogens (tertiary/aromatic N) is 3. The Morgan fingerprint density at radius 3 is 2.47 bits per heavy atom. The maximum atomic E-state index is 13.7. The van der Waals surface area contributed by atoms with Crippen molar-refractivity contribution in [2.45, 2.75) is 38.1 Å². The van der Waals surface area contributed by atoms with Gasteiger partial charge < -0.3 is 20.9 Å². The van der Waals surface area contributed by atoms with Crippen LogP contribution in [0.25, 0.3) is 0 Å². The van der Waals surface area contributed by atoms with E-state index in [0.717, 1.165) is 18.2 Å². The number of carbonyl (C=O) groups is 3. The van der Waals surface area contributed by atoms with Crippen LogP contribution in [0.1, 0.15) is 28.3 Å². The maximum Gasteiger partial charge on any atom is 0.446 e. The van der Waals surface area contributed by atoms with Crippen molar-refractivity contribution in [1.29, 1.82) is 0 Å². The quantitative estimate of drug-likeness (QED) is 0.513. The van der Waals surface area contributed by atoms with Crippen molar-refractivity contribution in [2.24, 2.45) is 11.5 Å². The van der Waals surface area contributed by atoms with Gasteiger partial charge in [0.1, 0.15) is 23.2 Å². The number of hydrogen-bond acceptors (Lipinski definition) is 5. The van der Waals surface area contributed by atoms with E-state index in [-0.39, 0.29) is 36.6 Å². The van der Waals surface area contributed by atoms with Gasteiger partial charge in [-0.15, -0.1) is 0 Å². The van der Waals surface area contributed by atoms with E-state index in [1.54, 1.807) is 15.7 Å². The molecule has 8 nitrogen and oxygen atoms in total. The highest BCUT2D eigenvalue weighted by molar-refractivity contribution is 5.90. The molecule has 0 saturated carbocycles. The van der Waals surface area contributed by atoms with Crippen molar-refractivity contribution in [2.75, 3.05) is 6.54 Å². The van der Waals surface area contributed by atoms with Crippen molar-refractivity contribution in [3.63, 3.8) is 0 Å². The van der Waals surface area contributed by atoms with Crippen LogP contribution < -0.4 is 11.5 Å². The fourth-order valence-corrected chi connectivity index (χ4v) is 2.99. The number of fused-ring (bicyclic) bond motifs is 1. The van der Waals surface area contributed by atoms with Gasteiger partial charge in [0.15, 0.2) is 0 Å². The highest BCUT2D eigenvalue weighted by atomic mass is 19.4. The van der Waals surface area contributed by atoms with E-state index < -0.39 is 36.0 Å². The fraction of sp³-hybridized carbons (Fsp3) is 0.368. The Morgan fingerprint density at radius 2 is 1.88 bits per heavy atom. The molecule has 1 aromatic carbocycles. The number of imidazole rings is 1. The number of halogens is 5. The van der Waals surface area contributed by atoms with Crippen molar-refractivity contribution in [3.05, 3.63) is 53.1 Å². The number of carbonyl (C=O) groups excluding carboxylic acids is 3. The maximum absolute atomic E-state index is 13.7. The summed E-state index contributed by atoms with van der Waals surface area (Å²) >= 11 is 0. The Balaban J connectivity index is 0.000000534. The van der Waals surface area contributed by atoms with Crippen LogP contribution in [0, 0.1) is 11.6 Å². The summed E-state index contributed by atoms with van der Waals surface area (Å²) < 4.78 is 59.9. The van der Waals surface area contributed by atoms with Crippen LogP contribution in [-0.2, 0) is 29.1 Å². The Labute approximate surface area is 179 Å². The summed E-state index contributed by atoms with van der Waals surface area (Å²) in [4.78, 5) is 38.0. The lowest BCUT2D eigenvalue weighted by Gasteiger charge is -2.28. The fourth-order valence-electron chi connectivity index (χ4n) is 2.99. The lowest BCUT2D eigenvalue weighted by atomic mass is 10.0. The predicted octanol–water partition coefficient (Wildman–Crippen LogP) is 1.31. The number of nitrogens with two attached hydrogens (primary N) is 2. The summed E-state index contributed by atoms with van der Waals surface area (Å²) in [6.07, 6.45) is -4.08. The molecule has 1 aliphatic heterocycles. The molecule has 0 aliphatic carbocycles. The molecule has 4 N–H and O–H groups in total. The van der Waals surface area contributed by atoms with Crippen LogP contribution in [0.15, 0.2) is 24.4 Å². The summed E-state index contributed by atoms with van der Waals surface area (Å²) in [5, 5.41) is 0. The molecule has 32 heavy (non-hydrogen) atoms. The van der Waals surface area contributed by atoms with Crippen LogP contribution in [0.3, 0.4) is 0 Å². The highest BCUT2D eigenvalue weighted by Crippen LogP contribution is 2.16. The van der Waals surface area contributed by atoms with E-state index in [2.05, 4.69) is 4.98 Å². The minimum Gasteiger partial charge on any atom is -0.364 e. The molecule has 0 spiro atoms. The predicted molar refractivity (Wildman–Crippen MR) is 101 cm³/mol. The minimum atomic E-state index is -4.64. The molecule has 2 heterocycles. The molecule has 0 bridgehead atoms. The van der Waals surface area contributed by atoms with Gasteiger partial charge in [0.2, 0.25) is 12.2 Å². The molecule has 3 rings (SSSR count). The second-order valence-electron chi connectivity index (χ2n) is 6.98. The number of benzene rings is 1. The first-order valence-corrected chi connectivity index (χ1v) is 9.25. The first kappa shape index (κ1) is 24.9. The van der Waals surface area contributed by atoms with Gasteiger partial charge in [0.05, 0.1) is 6.54 Å². The van der Waals surface area contributed by atoms with Crippen molar-refractivity contribution in [3.8, 4) is 0 Å². The van der Waals surface area contributed by atoms with Gasteiger partial charge in [-0.1, -0.05) is 0 Å². The molecule has 2 amide bonds. The molecular formula is C19H20F5N5O3. The number of hydrogen-bond donors (Lipinski definition) is 2. The van der Waals surface area contributed by atoms with Gasteiger partial charge >= 0.3 is 6.18 Å². The molecule has 0 saturated heterocycles. The number of rotatable bonds is 5. The van der Waals surface area contributed by atoms with Crippen LogP contribution in [0.2, 0.25) is 0 Å². The largest absolute Gasteiger partial charge is 0.446 e. The first-order chi connectivity index (χ1) is 14.9. The molecule has 0 fully saturated rings. The van der Waals surface area contributed by atoms with Gasteiger partial charge in [0.25, 0.3) is 5.91 Å². The molecule has 1 atom stereocenters. The Bertz CT molecular complexity index is 992. The zero-order valence-electron chi connectivity index (χ0n) is 16.6. The molecule has 1 aromatic heterocycles. The second kappa shape index (κ2) is 10.3. The van der Waals surface area contributed by atoms with Crippen LogP contribution >= 0.6 is 0 Å². The molecule has 0 unspecified atom stereocenters. The van der Waals surface area contributed by atoms with E-state index in [1.807, 2.05) is 0 Å². The van der Waals surface area contributed by atoms with Crippen molar-refractivity contribution in [1.82, 2.24) is 14.5 Å². The Kier molecular flexibility index (Phi) is 8.02. The molecule has 2 aromatic rings. The van der Waals surface area contributed by atoms with E-state index in [1.165, 1.54) is 0 Å². The summed E-state index contributed by atoms with van der Waals surface area (Å²) in [5.74, 6) is -1.35. The molecule has 1 aliphatic rings. The van der Waals surface area contributed by atoms with Gasteiger partial charge in [0, 0.05) is 31.7 Å². The van der Waals surface area contributed by atoms with Gasteiger partial charge in [-0.05, 0) is 30.2 Å². The van der Waals surface area contributed by atoms with Gasteiger partial charge in [-0.3, -0.25) is 14.4 Å². The third kappa shape index (κ3) is 7.11. The summed E-state index contributed by atoms with van der Waals surface area (Å²) in [5.41, 5.74) is 11.5. The summed E-state index contributed by atoms with van der Waals surface area (Å²) in [6.45, 7) is 1.18. The van der Waals surface area contributed by atoms with Gasteiger partial charge in [-0.25, -0.2) is 13.8 Å². The minimum absolute atomic E-state index is 0.000656. The average molecular weight is 461 g/mol. The van der Waals surface area contributed by atoms with E-state index in [0.29, 0.717) is 18.9 Å². The van der Waals surface area contributed by atoms with Crippen LogP contribution in [0.5, 0.6) is 0 Å². The third-order valence-electron chi connectivity index (χ3n) is 4.47. The lowest BCUT2D eigenvalue weighted by Crippen LogP contribution is -2.41. The van der Waals surface area contributed by atoms with E-state index in [4.69, 9.17) is 16.3 Å².